The normalized spacial score (nSPS) is 16.3. The second kappa shape index (κ2) is 10.9. The SMILES string of the molecule is Cc1cc(C(/C=C/c2ccc(C(=O)CC3(C(=O)NCC(F)(F)F)CC3)c(C(F)(F)F)c2)C(F)(F)F)ccc1Cl. The monoisotopic (exact) mass is 585 g/mol. The van der Waals surface area contributed by atoms with E-state index >= 15 is 0 Å². The summed E-state index contributed by atoms with van der Waals surface area (Å²) in [5.74, 6) is -4.37. The van der Waals surface area contributed by atoms with E-state index in [0.29, 0.717) is 17.7 Å². The Kier molecular flexibility index (Phi) is 8.50. The number of carbonyl (C=O) groups is 2. The summed E-state index contributed by atoms with van der Waals surface area (Å²) >= 11 is 5.87. The lowest BCUT2D eigenvalue weighted by Crippen LogP contribution is -2.39. The number of benzene rings is 2. The third-order valence-corrected chi connectivity index (χ3v) is 6.73. The summed E-state index contributed by atoms with van der Waals surface area (Å²) in [6.45, 7) is -0.148. The highest BCUT2D eigenvalue weighted by atomic mass is 35.5. The molecule has 1 saturated carbocycles. The maximum Gasteiger partial charge on any atom is 0.417 e. The summed E-state index contributed by atoms with van der Waals surface area (Å²) in [6.07, 6.45) is -13.7. The van der Waals surface area contributed by atoms with Gasteiger partial charge in [-0.05, 0) is 48.6 Å². The van der Waals surface area contributed by atoms with Gasteiger partial charge in [-0.25, -0.2) is 0 Å². The predicted molar refractivity (Wildman–Crippen MR) is 125 cm³/mol. The van der Waals surface area contributed by atoms with Gasteiger partial charge >= 0.3 is 18.5 Å². The summed E-state index contributed by atoms with van der Waals surface area (Å²) in [7, 11) is 0. The minimum atomic E-state index is -5.08. The Morgan fingerprint density at radius 2 is 1.64 bits per heavy atom. The number of amides is 1. The van der Waals surface area contributed by atoms with E-state index in [1.54, 1.807) is 5.32 Å². The molecule has 0 heterocycles. The number of aryl methyl sites for hydroxylation is 1. The minimum Gasteiger partial charge on any atom is -0.346 e. The lowest BCUT2D eigenvalue weighted by atomic mass is 9.91. The first kappa shape index (κ1) is 30.5. The van der Waals surface area contributed by atoms with Crippen LogP contribution in [0.25, 0.3) is 6.08 Å². The molecule has 0 bridgehead atoms. The van der Waals surface area contributed by atoms with Crippen LogP contribution in [0, 0.1) is 12.3 Å². The van der Waals surface area contributed by atoms with Crippen molar-refractivity contribution in [1.29, 1.82) is 0 Å². The number of halogens is 10. The van der Waals surface area contributed by atoms with Crippen molar-refractivity contribution in [1.82, 2.24) is 5.32 Å². The summed E-state index contributed by atoms with van der Waals surface area (Å²) in [6, 6.07) is 5.95. The van der Waals surface area contributed by atoms with Crippen LogP contribution in [-0.2, 0) is 11.0 Å². The van der Waals surface area contributed by atoms with Crippen molar-refractivity contribution < 1.29 is 49.1 Å². The molecule has 39 heavy (non-hydrogen) atoms. The average molecular weight is 586 g/mol. The highest BCUT2D eigenvalue weighted by molar-refractivity contribution is 6.31. The maximum absolute atomic E-state index is 13.8. The van der Waals surface area contributed by atoms with Gasteiger partial charge in [0.05, 0.1) is 16.9 Å². The highest BCUT2D eigenvalue weighted by Gasteiger charge is 2.52. The molecule has 1 atom stereocenters. The highest BCUT2D eigenvalue weighted by Crippen LogP contribution is 2.50. The van der Waals surface area contributed by atoms with Crippen molar-refractivity contribution in [2.45, 2.75) is 50.6 Å². The molecule has 1 unspecified atom stereocenters. The van der Waals surface area contributed by atoms with Gasteiger partial charge in [0.15, 0.2) is 5.78 Å². The van der Waals surface area contributed by atoms with Crippen LogP contribution in [0.15, 0.2) is 42.5 Å². The van der Waals surface area contributed by atoms with Gasteiger partial charge in [-0.3, -0.25) is 9.59 Å². The molecule has 2 aromatic rings. The molecule has 0 aliphatic heterocycles. The molecular weight excluding hydrogens is 565 g/mol. The number of ketones is 1. The lowest BCUT2D eigenvalue weighted by Gasteiger charge is -2.19. The number of nitrogens with one attached hydrogen (secondary N) is 1. The van der Waals surface area contributed by atoms with Crippen molar-refractivity contribution >= 4 is 29.4 Å². The third-order valence-electron chi connectivity index (χ3n) is 6.31. The fourth-order valence-electron chi connectivity index (χ4n) is 4.03. The van der Waals surface area contributed by atoms with E-state index in [9.17, 15) is 49.1 Å². The van der Waals surface area contributed by atoms with Crippen LogP contribution in [0.5, 0.6) is 0 Å². The summed E-state index contributed by atoms with van der Waals surface area (Å²) in [5.41, 5.74) is -3.90. The molecule has 212 valence electrons. The largest absolute Gasteiger partial charge is 0.417 e. The van der Waals surface area contributed by atoms with E-state index in [1.807, 2.05) is 0 Å². The number of hydrogen-bond donors (Lipinski definition) is 1. The van der Waals surface area contributed by atoms with Gasteiger partial charge in [-0.15, -0.1) is 0 Å². The molecule has 1 amide bonds. The smallest absolute Gasteiger partial charge is 0.346 e. The Bertz CT molecular complexity index is 1280. The van der Waals surface area contributed by atoms with Gasteiger partial charge in [0, 0.05) is 17.0 Å². The van der Waals surface area contributed by atoms with Crippen molar-refractivity contribution in [3.63, 3.8) is 0 Å². The van der Waals surface area contributed by atoms with Crippen LogP contribution in [0.3, 0.4) is 0 Å². The van der Waals surface area contributed by atoms with Gasteiger partial charge in [-0.1, -0.05) is 48.0 Å². The van der Waals surface area contributed by atoms with Crippen LogP contribution in [0.4, 0.5) is 39.5 Å². The van der Waals surface area contributed by atoms with Crippen LogP contribution >= 0.6 is 11.6 Å². The Balaban J connectivity index is 1.88. The molecule has 1 aliphatic rings. The first-order chi connectivity index (χ1) is 17.8. The van der Waals surface area contributed by atoms with Crippen LogP contribution in [0.1, 0.15) is 57.8 Å². The number of allylic oxidation sites excluding steroid dienone is 1. The first-order valence-corrected chi connectivity index (χ1v) is 11.8. The molecule has 0 radical (unpaired) electrons. The number of Topliss-reactive ketones (excluding diaryl/α,β-unsaturated/α-hetero) is 1. The van der Waals surface area contributed by atoms with Crippen molar-refractivity contribution in [3.05, 3.63) is 75.3 Å². The number of alkyl halides is 9. The molecule has 1 fully saturated rings. The standard InChI is InChI=1S/C26H21ClF9NO2/c1-14-10-16(4-7-20(14)27)18(25(31,32)33)6-3-15-2-5-17(19(11-15)26(34,35)36)21(38)12-23(8-9-23)22(39)37-13-24(28,29)30/h2-7,10-11,18H,8-9,12-13H2,1H3,(H,37,39)/b6-3+. The van der Waals surface area contributed by atoms with Gasteiger partial charge in [-0.2, -0.15) is 39.5 Å². The van der Waals surface area contributed by atoms with E-state index in [4.69, 9.17) is 11.6 Å². The molecule has 0 spiro atoms. The summed E-state index contributed by atoms with van der Waals surface area (Å²) < 4.78 is 120. The van der Waals surface area contributed by atoms with Crippen molar-refractivity contribution in [2.24, 2.45) is 5.41 Å². The van der Waals surface area contributed by atoms with E-state index in [1.165, 1.54) is 19.1 Å². The third kappa shape index (κ3) is 7.77. The van der Waals surface area contributed by atoms with Gasteiger partial charge in [0.2, 0.25) is 5.91 Å². The van der Waals surface area contributed by atoms with E-state index < -0.39 is 65.6 Å². The molecule has 1 N–H and O–H groups in total. The molecule has 3 rings (SSSR count). The predicted octanol–water partition coefficient (Wildman–Crippen LogP) is 8.06. The topological polar surface area (TPSA) is 46.2 Å². The Hall–Kier alpha value is -3.02. The molecule has 2 aromatic carbocycles. The van der Waals surface area contributed by atoms with Crippen molar-refractivity contribution in [3.8, 4) is 0 Å². The van der Waals surface area contributed by atoms with E-state index in [2.05, 4.69) is 0 Å². The molecule has 0 saturated heterocycles. The van der Waals surface area contributed by atoms with Crippen molar-refractivity contribution in [2.75, 3.05) is 6.54 Å². The van der Waals surface area contributed by atoms with Crippen LogP contribution in [-0.4, -0.2) is 30.6 Å². The first-order valence-electron chi connectivity index (χ1n) is 11.4. The fraction of sp³-hybridized carbons (Fsp3) is 0.385. The molecule has 3 nitrogen and oxygen atoms in total. The zero-order chi connectivity index (χ0) is 29.4. The Morgan fingerprint density at radius 3 is 2.15 bits per heavy atom. The fourth-order valence-corrected chi connectivity index (χ4v) is 4.14. The summed E-state index contributed by atoms with van der Waals surface area (Å²) in [5, 5.41) is 1.89. The lowest BCUT2D eigenvalue weighted by molar-refractivity contribution is -0.141. The number of rotatable bonds is 8. The zero-order valence-electron chi connectivity index (χ0n) is 20.1. The van der Waals surface area contributed by atoms with Gasteiger partial charge in [0.25, 0.3) is 0 Å². The van der Waals surface area contributed by atoms with Gasteiger partial charge in [0.1, 0.15) is 6.54 Å². The van der Waals surface area contributed by atoms with E-state index in [-0.39, 0.29) is 29.0 Å². The average Bonchev–Trinajstić information content (AvgIpc) is 3.58. The molecule has 0 aromatic heterocycles. The second-order valence-corrected chi connectivity index (χ2v) is 9.78. The summed E-state index contributed by atoms with van der Waals surface area (Å²) in [4.78, 5) is 24.9. The van der Waals surface area contributed by atoms with Crippen LogP contribution in [0.2, 0.25) is 5.02 Å². The molecule has 13 heteroatoms. The quantitative estimate of drug-likeness (QED) is 0.252. The van der Waals surface area contributed by atoms with E-state index in [0.717, 1.165) is 24.3 Å². The molecule has 1 aliphatic carbocycles. The number of hydrogen-bond acceptors (Lipinski definition) is 2. The zero-order valence-corrected chi connectivity index (χ0v) is 20.9. The number of carbonyl (C=O) groups excluding carboxylic acids is 2. The maximum atomic E-state index is 13.8. The second-order valence-electron chi connectivity index (χ2n) is 9.37. The molecular formula is C26H21ClF9NO2. The van der Waals surface area contributed by atoms with Crippen LogP contribution < -0.4 is 5.32 Å². The van der Waals surface area contributed by atoms with Gasteiger partial charge < -0.3 is 5.32 Å². The Labute approximate surface area is 222 Å². The minimum absolute atomic E-state index is 0.0214. The Morgan fingerprint density at radius 1 is 1.00 bits per heavy atom.